The van der Waals surface area contributed by atoms with Crippen molar-refractivity contribution in [2.24, 2.45) is 0 Å². The smallest absolute Gasteiger partial charge is 0.428 e. The van der Waals surface area contributed by atoms with Crippen LogP contribution < -0.4 is 0 Å². The highest BCUT2D eigenvalue weighted by atomic mass is 16.6. The highest BCUT2D eigenvalue weighted by molar-refractivity contribution is 5.82. The summed E-state index contributed by atoms with van der Waals surface area (Å²) < 4.78 is 4.74. The average Bonchev–Trinajstić information content (AvgIpc) is 2.51. The maximum Gasteiger partial charge on any atom is 0.428 e. The molecule has 1 heterocycles. The Labute approximate surface area is 83.9 Å². The molecule has 0 aromatic carbocycles. The monoisotopic (exact) mass is 200 g/mol. The van der Waals surface area contributed by atoms with Crippen LogP contribution in [0.15, 0.2) is 13.2 Å². The van der Waals surface area contributed by atoms with Crippen LogP contribution in [0.3, 0.4) is 0 Å². The molecule has 5 heteroatoms. The van der Waals surface area contributed by atoms with E-state index in [1.54, 1.807) is 14.0 Å². The highest BCUT2D eigenvalue weighted by Gasteiger charge is 2.30. The van der Waals surface area contributed by atoms with E-state index in [4.69, 9.17) is 4.74 Å². The van der Waals surface area contributed by atoms with Crippen LogP contribution in [0.1, 0.15) is 13.3 Å². The molecule has 1 rings (SSSR count). The number of carbonyl (C=O) groups excluding carboxylic acids is 2. The van der Waals surface area contributed by atoms with Gasteiger partial charge in [-0.3, -0.25) is 9.80 Å². The number of hydrogen-bond acceptors (Lipinski definition) is 3. The van der Waals surface area contributed by atoms with E-state index in [1.165, 1.54) is 10.0 Å². The Morgan fingerprint density at radius 3 is 2.50 bits per heavy atom. The lowest BCUT2D eigenvalue weighted by Crippen LogP contribution is -2.40. The van der Waals surface area contributed by atoms with Gasteiger partial charge in [0.15, 0.2) is 0 Å². The first kappa shape index (κ1) is 12.5. The zero-order valence-electron chi connectivity index (χ0n) is 8.65. The van der Waals surface area contributed by atoms with Crippen molar-refractivity contribution in [2.45, 2.75) is 13.3 Å². The largest absolute Gasteiger partial charge is 0.448 e. The van der Waals surface area contributed by atoms with Crippen LogP contribution in [-0.4, -0.2) is 42.2 Å². The maximum absolute atomic E-state index is 11.1. The first-order valence-electron chi connectivity index (χ1n) is 4.37. The third-order valence-electron chi connectivity index (χ3n) is 1.74. The van der Waals surface area contributed by atoms with E-state index >= 15 is 0 Å². The van der Waals surface area contributed by atoms with E-state index < -0.39 is 6.09 Å². The number of carbonyl (C=O) groups is 2. The highest BCUT2D eigenvalue weighted by Crippen LogP contribution is 2.10. The fourth-order valence-electron chi connectivity index (χ4n) is 1.06. The summed E-state index contributed by atoms with van der Waals surface area (Å²) in [6.45, 7) is 8.49. The van der Waals surface area contributed by atoms with Crippen LogP contribution in [0.25, 0.3) is 0 Å². The number of nitrogens with zero attached hydrogens (tertiary/aromatic N) is 2. The molecule has 2 amide bonds. The number of ether oxygens (including phenoxy) is 1. The molecule has 0 radical (unpaired) electrons. The molecule has 80 valence electrons. The van der Waals surface area contributed by atoms with Crippen LogP contribution in [0.2, 0.25) is 0 Å². The molecule has 0 bridgehead atoms. The van der Waals surface area contributed by atoms with E-state index in [1.807, 2.05) is 0 Å². The molecule has 0 aliphatic carbocycles. The van der Waals surface area contributed by atoms with E-state index in [2.05, 4.69) is 13.2 Å². The van der Waals surface area contributed by atoms with Crippen molar-refractivity contribution >= 4 is 12.0 Å². The lowest BCUT2D eigenvalue weighted by atomic mass is 10.4. The lowest BCUT2D eigenvalue weighted by molar-refractivity contribution is -0.133. The van der Waals surface area contributed by atoms with Gasteiger partial charge in [0.25, 0.3) is 0 Å². The molecule has 1 saturated heterocycles. The van der Waals surface area contributed by atoms with Crippen molar-refractivity contribution in [3.05, 3.63) is 13.2 Å². The van der Waals surface area contributed by atoms with Gasteiger partial charge < -0.3 is 4.74 Å². The molecular weight excluding hydrogens is 184 g/mol. The second-order valence-electron chi connectivity index (χ2n) is 2.49. The van der Waals surface area contributed by atoms with Crippen molar-refractivity contribution in [3.8, 4) is 0 Å². The van der Waals surface area contributed by atoms with Gasteiger partial charge in [-0.1, -0.05) is 0 Å². The number of rotatable bonds is 1. The van der Waals surface area contributed by atoms with Gasteiger partial charge in [0.05, 0.1) is 13.2 Å². The Bertz CT molecular complexity index is 218. The van der Waals surface area contributed by atoms with Crippen molar-refractivity contribution < 1.29 is 14.3 Å². The van der Waals surface area contributed by atoms with E-state index in [0.717, 1.165) is 0 Å². The third-order valence-corrected chi connectivity index (χ3v) is 1.74. The Balaban J connectivity index is 0.000000791. The predicted octanol–water partition coefficient (Wildman–Crippen LogP) is 1.02. The first-order valence-corrected chi connectivity index (χ1v) is 4.37. The third kappa shape index (κ3) is 2.76. The average molecular weight is 200 g/mol. The van der Waals surface area contributed by atoms with Gasteiger partial charge in [0, 0.05) is 13.5 Å². The Kier molecular flexibility index (Phi) is 5.36. The molecule has 0 aromatic heterocycles. The summed E-state index contributed by atoms with van der Waals surface area (Å²) in [6, 6.07) is 0. The second-order valence-corrected chi connectivity index (χ2v) is 2.49. The van der Waals surface area contributed by atoms with Gasteiger partial charge in [-0.15, -0.1) is 13.2 Å². The molecule has 0 unspecified atom stereocenters. The SMILES string of the molecule is C=C.CCOC(=O)N1CCC(=O)N1C. The summed E-state index contributed by atoms with van der Waals surface area (Å²) >= 11 is 0. The summed E-state index contributed by atoms with van der Waals surface area (Å²) in [6.07, 6.45) is -0.0687. The first-order chi connectivity index (χ1) is 6.66. The standard InChI is InChI=1S/C7H12N2O3.C2H4/c1-3-12-7(11)9-5-4-6(10)8(9)2;1-2/h3-5H2,1-2H3;1-2H2. The predicted molar refractivity (Wildman–Crippen MR) is 52.4 cm³/mol. The van der Waals surface area contributed by atoms with Gasteiger partial charge in [0.1, 0.15) is 0 Å². The normalized spacial score (nSPS) is 14.9. The van der Waals surface area contributed by atoms with Crippen molar-refractivity contribution in [2.75, 3.05) is 20.2 Å². The van der Waals surface area contributed by atoms with Gasteiger partial charge in [-0.2, -0.15) is 0 Å². The minimum Gasteiger partial charge on any atom is -0.448 e. The fourth-order valence-corrected chi connectivity index (χ4v) is 1.06. The summed E-state index contributed by atoms with van der Waals surface area (Å²) in [5.41, 5.74) is 0. The molecule has 0 N–H and O–H groups in total. The number of amides is 2. The van der Waals surface area contributed by atoms with Crippen molar-refractivity contribution in [3.63, 3.8) is 0 Å². The molecule has 1 fully saturated rings. The molecule has 5 nitrogen and oxygen atoms in total. The molecule has 1 aliphatic rings. The van der Waals surface area contributed by atoms with Gasteiger partial charge in [-0.05, 0) is 6.92 Å². The zero-order valence-corrected chi connectivity index (χ0v) is 8.65. The van der Waals surface area contributed by atoms with Crippen LogP contribution in [0.4, 0.5) is 4.79 Å². The Hall–Kier alpha value is -1.52. The minimum absolute atomic E-state index is 0.0527. The van der Waals surface area contributed by atoms with E-state index in [9.17, 15) is 9.59 Å². The fraction of sp³-hybridized carbons (Fsp3) is 0.556. The molecule has 0 spiro atoms. The zero-order chi connectivity index (χ0) is 11.1. The van der Waals surface area contributed by atoms with Crippen LogP contribution >= 0.6 is 0 Å². The Morgan fingerprint density at radius 1 is 1.57 bits per heavy atom. The molecular formula is C9H16N2O3. The second kappa shape index (κ2) is 6.01. The summed E-state index contributed by atoms with van der Waals surface area (Å²) in [4.78, 5) is 22.1. The van der Waals surface area contributed by atoms with E-state index in [0.29, 0.717) is 19.6 Å². The van der Waals surface area contributed by atoms with E-state index in [-0.39, 0.29) is 5.91 Å². The molecule has 1 aliphatic heterocycles. The van der Waals surface area contributed by atoms with Crippen LogP contribution in [-0.2, 0) is 9.53 Å². The quantitative estimate of drug-likeness (QED) is 0.594. The minimum atomic E-state index is -0.453. The van der Waals surface area contributed by atoms with Gasteiger partial charge >= 0.3 is 6.09 Å². The summed E-state index contributed by atoms with van der Waals surface area (Å²) in [7, 11) is 1.56. The molecule has 14 heavy (non-hydrogen) atoms. The number of hydrazine groups is 1. The van der Waals surface area contributed by atoms with Crippen molar-refractivity contribution in [1.82, 2.24) is 10.0 Å². The summed E-state index contributed by atoms with van der Waals surface area (Å²) in [5.74, 6) is -0.0527. The number of hydrogen-bond donors (Lipinski definition) is 0. The summed E-state index contributed by atoms with van der Waals surface area (Å²) in [5, 5.41) is 2.59. The lowest BCUT2D eigenvalue weighted by Gasteiger charge is -2.22. The van der Waals surface area contributed by atoms with Crippen LogP contribution in [0, 0.1) is 0 Å². The van der Waals surface area contributed by atoms with Gasteiger partial charge in [0.2, 0.25) is 5.91 Å². The van der Waals surface area contributed by atoms with Gasteiger partial charge in [-0.25, -0.2) is 9.80 Å². The van der Waals surface area contributed by atoms with Crippen molar-refractivity contribution in [1.29, 1.82) is 0 Å². The molecule has 0 atom stereocenters. The topological polar surface area (TPSA) is 49.9 Å². The Morgan fingerprint density at radius 2 is 2.14 bits per heavy atom. The molecule has 0 aromatic rings. The maximum atomic E-state index is 11.1. The van der Waals surface area contributed by atoms with Crippen LogP contribution in [0.5, 0.6) is 0 Å². The molecule has 0 saturated carbocycles.